The van der Waals surface area contributed by atoms with Gasteiger partial charge in [0.05, 0.1) is 12.7 Å². The third-order valence-corrected chi connectivity index (χ3v) is 9.98. The number of hydrogen-bond acceptors (Lipinski definition) is 3. The number of esters is 1. The van der Waals surface area contributed by atoms with Crippen LogP contribution in [0.4, 0.5) is 0 Å². The molecule has 0 fully saturated rings. The van der Waals surface area contributed by atoms with Crippen LogP contribution in [0.15, 0.2) is 85.5 Å². The van der Waals surface area contributed by atoms with Crippen molar-refractivity contribution in [2.75, 3.05) is 6.61 Å². The second-order valence-electron chi connectivity index (χ2n) is 7.95. The van der Waals surface area contributed by atoms with Crippen LogP contribution in [-0.2, 0) is 14.0 Å². The van der Waals surface area contributed by atoms with Gasteiger partial charge in [-0.1, -0.05) is 93.6 Å². The van der Waals surface area contributed by atoms with E-state index < -0.39 is 8.32 Å². The Morgan fingerprint density at radius 1 is 1.03 bits per heavy atom. The molecule has 0 saturated heterocycles. The predicted octanol–water partition coefficient (Wildman–Crippen LogP) is 4.63. The van der Waals surface area contributed by atoms with Gasteiger partial charge in [0, 0.05) is 6.08 Å². The van der Waals surface area contributed by atoms with Gasteiger partial charge in [-0.05, 0) is 28.8 Å². The first kappa shape index (κ1) is 22.9. The van der Waals surface area contributed by atoms with Gasteiger partial charge in [0.15, 0.2) is 0 Å². The van der Waals surface area contributed by atoms with Crippen molar-refractivity contribution >= 4 is 24.7 Å². The summed E-state index contributed by atoms with van der Waals surface area (Å²) >= 11 is 0. The Kier molecular flexibility index (Phi) is 8.17. The standard InChI is InChI=1S/C25H32O3Si/c1-6-21(15-14-20-24(26)27-7-2)28-29(25(3,4)5,22-16-10-8-11-17-22)23-18-12-9-13-19-23/h6,8-14,16-21H,1,7,15H2,2-5H3/b20-14+. The molecule has 0 heterocycles. The summed E-state index contributed by atoms with van der Waals surface area (Å²) in [5, 5.41) is 2.33. The molecule has 0 aromatic heterocycles. The molecule has 0 radical (unpaired) electrons. The molecule has 0 aliphatic rings. The van der Waals surface area contributed by atoms with Crippen molar-refractivity contribution in [2.45, 2.75) is 45.3 Å². The van der Waals surface area contributed by atoms with E-state index in [2.05, 4.69) is 75.9 Å². The molecule has 0 saturated carbocycles. The van der Waals surface area contributed by atoms with Crippen LogP contribution in [0.25, 0.3) is 0 Å². The summed E-state index contributed by atoms with van der Waals surface area (Å²) < 4.78 is 12.0. The molecule has 29 heavy (non-hydrogen) atoms. The maximum absolute atomic E-state index is 11.6. The Morgan fingerprint density at radius 3 is 1.97 bits per heavy atom. The van der Waals surface area contributed by atoms with Crippen LogP contribution < -0.4 is 10.4 Å². The van der Waals surface area contributed by atoms with Crippen molar-refractivity contribution < 1.29 is 14.0 Å². The maximum atomic E-state index is 11.6. The van der Waals surface area contributed by atoms with Crippen molar-refractivity contribution in [1.29, 1.82) is 0 Å². The molecule has 2 aromatic carbocycles. The molecule has 0 aliphatic carbocycles. The third kappa shape index (κ3) is 5.55. The summed E-state index contributed by atoms with van der Waals surface area (Å²) in [5.41, 5.74) is 0. The molecule has 154 valence electrons. The summed E-state index contributed by atoms with van der Waals surface area (Å²) in [4.78, 5) is 11.6. The highest BCUT2D eigenvalue weighted by Gasteiger charge is 2.51. The van der Waals surface area contributed by atoms with Crippen LogP contribution in [-0.4, -0.2) is 27.0 Å². The lowest BCUT2D eigenvalue weighted by Gasteiger charge is -2.44. The molecule has 0 amide bonds. The van der Waals surface area contributed by atoms with Crippen LogP contribution in [0.3, 0.4) is 0 Å². The Balaban J connectivity index is 2.47. The molecule has 3 nitrogen and oxygen atoms in total. The van der Waals surface area contributed by atoms with Crippen molar-refractivity contribution in [2.24, 2.45) is 0 Å². The van der Waals surface area contributed by atoms with E-state index in [0.29, 0.717) is 13.0 Å². The summed E-state index contributed by atoms with van der Waals surface area (Å²) in [7, 11) is -2.65. The summed E-state index contributed by atoms with van der Waals surface area (Å²) in [5.74, 6) is -0.333. The second-order valence-corrected chi connectivity index (χ2v) is 12.2. The van der Waals surface area contributed by atoms with Crippen molar-refractivity contribution in [1.82, 2.24) is 0 Å². The Hall–Kier alpha value is -2.43. The Bertz CT molecular complexity index is 767. The van der Waals surface area contributed by atoms with Crippen LogP contribution in [0, 0.1) is 0 Å². The minimum atomic E-state index is -2.65. The average Bonchev–Trinajstić information content (AvgIpc) is 2.71. The van der Waals surface area contributed by atoms with Gasteiger partial charge in [-0.25, -0.2) is 4.79 Å². The van der Waals surface area contributed by atoms with Gasteiger partial charge in [0.2, 0.25) is 0 Å². The normalized spacial score (nSPS) is 13.2. The predicted molar refractivity (Wildman–Crippen MR) is 123 cm³/mol. The van der Waals surface area contributed by atoms with Crippen LogP contribution in [0.2, 0.25) is 5.04 Å². The van der Waals surface area contributed by atoms with Crippen molar-refractivity contribution in [3.8, 4) is 0 Å². The van der Waals surface area contributed by atoms with E-state index >= 15 is 0 Å². The molecule has 0 aliphatic heterocycles. The zero-order chi connectivity index (χ0) is 21.3. The Labute approximate surface area is 176 Å². The summed E-state index contributed by atoms with van der Waals surface area (Å²) in [6, 6.07) is 21.0. The lowest BCUT2D eigenvalue weighted by atomic mass is 10.2. The van der Waals surface area contributed by atoms with Gasteiger partial charge in [0.1, 0.15) is 0 Å². The number of hydrogen-bond donors (Lipinski definition) is 0. The molecule has 0 bridgehead atoms. The zero-order valence-corrected chi connectivity index (χ0v) is 18.9. The zero-order valence-electron chi connectivity index (χ0n) is 17.9. The van der Waals surface area contributed by atoms with E-state index in [1.54, 1.807) is 6.92 Å². The highest BCUT2D eigenvalue weighted by Crippen LogP contribution is 2.37. The van der Waals surface area contributed by atoms with Gasteiger partial charge < -0.3 is 9.16 Å². The average molecular weight is 409 g/mol. The van der Waals surface area contributed by atoms with E-state index in [4.69, 9.17) is 9.16 Å². The van der Waals surface area contributed by atoms with Gasteiger partial charge >= 0.3 is 5.97 Å². The molecule has 1 unspecified atom stereocenters. The molecular weight excluding hydrogens is 376 g/mol. The van der Waals surface area contributed by atoms with Gasteiger partial charge in [-0.3, -0.25) is 0 Å². The first-order valence-electron chi connectivity index (χ1n) is 10.1. The topological polar surface area (TPSA) is 35.5 Å². The SMILES string of the molecule is C=CC(C/C=C/C(=O)OCC)O[Si](c1ccccc1)(c1ccccc1)C(C)(C)C. The molecule has 4 heteroatoms. The van der Waals surface area contributed by atoms with E-state index in [0.717, 1.165) is 0 Å². The van der Waals surface area contributed by atoms with Crippen LogP contribution >= 0.6 is 0 Å². The lowest BCUT2D eigenvalue weighted by Crippen LogP contribution is -2.67. The van der Waals surface area contributed by atoms with E-state index in [1.165, 1.54) is 16.4 Å². The molecule has 0 spiro atoms. The van der Waals surface area contributed by atoms with E-state index in [9.17, 15) is 4.79 Å². The third-order valence-electron chi connectivity index (χ3n) is 4.92. The Morgan fingerprint density at radius 2 is 1.55 bits per heavy atom. The fourth-order valence-electron chi connectivity index (χ4n) is 3.60. The van der Waals surface area contributed by atoms with Crippen LogP contribution in [0.1, 0.15) is 34.1 Å². The first-order valence-corrected chi connectivity index (χ1v) is 12.0. The number of ether oxygens (including phenoxy) is 1. The van der Waals surface area contributed by atoms with Crippen molar-refractivity contribution in [3.05, 3.63) is 85.5 Å². The van der Waals surface area contributed by atoms with Crippen LogP contribution in [0.5, 0.6) is 0 Å². The minimum Gasteiger partial charge on any atom is -0.463 e. The lowest BCUT2D eigenvalue weighted by molar-refractivity contribution is -0.137. The first-order chi connectivity index (χ1) is 13.8. The molecule has 1 atom stereocenters. The number of benzene rings is 2. The fraction of sp³-hybridized carbons (Fsp3) is 0.320. The quantitative estimate of drug-likeness (QED) is 0.263. The molecule has 2 rings (SSSR count). The summed E-state index contributed by atoms with van der Waals surface area (Å²) in [6.07, 6.45) is 5.45. The molecule has 0 N–H and O–H groups in total. The second kappa shape index (κ2) is 10.4. The smallest absolute Gasteiger partial charge is 0.330 e. The largest absolute Gasteiger partial charge is 0.463 e. The minimum absolute atomic E-state index is 0.109. The highest BCUT2D eigenvalue weighted by atomic mass is 28.4. The highest BCUT2D eigenvalue weighted by molar-refractivity contribution is 6.99. The molecule has 2 aromatic rings. The van der Waals surface area contributed by atoms with Gasteiger partial charge in [-0.2, -0.15) is 0 Å². The number of rotatable bonds is 9. The van der Waals surface area contributed by atoms with Gasteiger partial charge in [-0.15, -0.1) is 6.58 Å². The summed E-state index contributed by atoms with van der Waals surface area (Å²) in [6.45, 7) is 12.9. The number of carbonyl (C=O) groups excluding carboxylic acids is 1. The van der Waals surface area contributed by atoms with Gasteiger partial charge in [0.25, 0.3) is 8.32 Å². The number of carbonyl (C=O) groups is 1. The monoisotopic (exact) mass is 408 g/mol. The van der Waals surface area contributed by atoms with E-state index in [1.807, 2.05) is 24.3 Å². The maximum Gasteiger partial charge on any atom is 0.330 e. The fourth-order valence-corrected chi connectivity index (χ4v) is 8.26. The molecular formula is C25H32O3Si. The van der Waals surface area contributed by atoms with Crippen molar-refractivity contribution in [3.63, 3.8) is 0 Å². The van der Waals surface area contributed by atoms with E-state index in [-0.39, 0.29) is 17.1 Å².